The fourth-order valence-corrected chi connectivity index (χ4v) is 3.82. The van der Waals surface area contributed by atoms with Crippen molar-refractivity contribution in [3.63, 3.8) is 0 Å². The van der Waals surface area contributed by atoms with Crippen LogP contribution in [0.4, 0.5) is 0 Å². The molecule has 0 aliphatic carbocycles. The summed E-state index contributed by atoms with van der Waals surface area (Å²) in [4.78, 5) is 49.5. The van der Waals surface area contributed by atoms with Crippen LogP contribution in [0.25, 0.3) is 0 Å². The molecule has 2 rings (SSSR count). The summed E-state index contributed by atoms with van der Waals surface area (Å²) in [5, 5.41) is 0. The summed E-state index contributed by atoms with van der Waals surface area (Å²) in [5.74, 6) is -2.61. The van der Waals surface area contributed by atoms with Crippen LogP contribution in [0.1, 0.15) is 15.9 Å². The Morgan fingerprint density at radius 2 is 1.77 bits per heavy atom. The van der Waals surface area contributed by atoms with Gasteiger partial charge in [0.25, 0.3) is 11.5 Å². The number of aryl methyl sites for hydroxylation is 1. The average molecular weight is 448 g/mol. The Labute approximate surface area is 179 Å². The van der Waals surface area contributed by atoms with Gasteiger partial charge in [0.1, 0.15) is 7.14 Å². The highest BCUT2D eigenvalue weighted by Crippen LogP contribution is 2.43. The van der Waals surface area contributed by atoms with Crippen LogP contribution in [-0.4, -0.2) is 53.9 Å². The van der Waals surface area contributed by atoms with Gasteiger partial charge >= 0.3 is 11.7 Å². The van der Waals surface area contributed by atoms with E-state index in [1.807, 2.05) is 0 Å². The summed E-state index contributed by atoms with van der Waals surface area (Å²) in [6.07, 6.45) is 4.49. The fourth-order valence-electron chi connectivity index (χ4n) is 2.76. The molecule has 0 spiro atoms. The number of nitrogens with zero attached hydrogens (tertiary/aromatic N) is 2. The molecule has 1 aromatic carbocycles. The zero-order valence-electron chi connectivity index (χ0n) is 17.8. The van der Waals surface area contributed by atoms with Gasteiger partial charge in [0.2, 0.25) is 5.85 Å². The van der Waals surface area contributed by atoms with Crippen LogP contribution in [0.5, 0.6) is 0 Å². The van der Waals surface area contributed by atoms with Gasteiger partial charge in [-0.15, -0.1) is 0 Å². The maximum atomic E-state index is 12.7. The number of hydrogen-bond acceptors (Lipinski definition) is 7. The van der Waals surface area contributed by atoms with E-state index in [0.29, 0.717) is 4.57 Å². The third-order valence-corrected chi connectivity index (χ3v) is 5.83. The first kappa shape index (κ1) is 24.2. The van der Waals surface area contributed by atoms with Gasteiger partial charge in [-0.25, -0.2) is 9.59 Å². The molecule has 0 saturated heterocycles. The number of benzene rings is 1. The van der Waals surface area contributed by atoms with Crippen molar-refractivity contribution in [2.75, 3.05) is 27.0 Å². The normalized spacial score (nSPS) is 12.6. The van der Waals surface area contributed by atoms with Crippen LogP contribution in [-0.2, 0) is 25.4 Å². The van der Waals surface area contributed by atoms with E-state index in [2.05, 4.69) is 4.74 Å². The van der Waals surface area contributed by atoms with Gasteiger partial charge in [0.05, 0.1) is 13.7 Å². The zero-order valence-corrected chi connectivity index (χ0v) is 18.7. The molecular formula is C21H25N2O7P. The topological polar surface area (TPSA) is 114 Å². The van der Waals surface area contributed by atoms with E-state index in [1.165, 1.54) is 50.3 Å². The molecule has 0 N–H and O–H groups in total. The lowest BCUT2D eigenvalue weighted by molar-refractivity contribution is -0.148. The van der Waals surface area contributed by atoms with Crippen LogP contribution < -0.4 is 11.2 Å². The predicted octanol–water partition coefficient (Wildman–Crippen LogP) is 1.70. The molecule has 10 heteroatoms. The van der Waals surface area contributed by atoms with Gasteiger partial charge in [-0.1, -0.05) is 30.4 Å². The molecule has 1 atom stereocenters. The van der Waals surface area contributed by atoms with Crippen LogP contribution in [0.15, 0.2) is 58.3 Å². The first-order valence-electron chi connectivity index (χ1n) is 9.40. The molecule has 0 aliphatic heterocycles. The third kappa shape index (κ3) is 5.99. The Kier molecular flexibility index (Phi) is 8.08. The Balaban J connectivity index is 2.19. The molecule has 0 bridgehead atoms. The van der Waals surface area contributed by atoms with Gasteiger partial charge in [-0.2, -0.15) is 4.57 Å². The molecule has 0 aliphatic rings. The Hall–Kier alpha value is -3.03. The quantitative estimate of drug-likeness (QED) is 0.343. The minimum absolute atomic E-state index is 0.0399. The number of esters is 1. The van der Waals surface area contributed by atoms with E-state index in [0.717, 1.165) is 0 Å². The molecule has 9 nitrogen and oxygen atoms in total. The second-order valence-corrected chi connectivity index (χ2v) is 10.5. The number of rotatable bonds is 8. The SMILES string of the molecule is COC(=O)C(OC/C=C\Cn1cc(C)c(=O)n(C(=O)c2ccccc2)c1=O)P(C)(C)=O. The lowest BCUT2D eigenvalue weighted by Crippen LogP contribution is -2.44. The fraction of sp³-hybridized carbons (Fsp3) is 0.333. The average Bonchev–Trinajstić information content (AvgIpc) is 2.73. The maximum Gasteiger partial charge on any atom is 0.342 e. The molecule has 1 heterocycles. The van der Waals surface area contributed by atoms with Crippen molar-refractivity contribution in [3.05, 3.63) is 80.6 Å². The molecule has 166 valence electrons. The van der Waals surface area contributed by atoms with Crippen molar-refractivity contribution >= 4 is 19.0 Å². The van der Waals surface area contributed by atoms with Crippen molar-refractivity contribution in [2.45, 2.75) is 19.3 Å². The van der Waals surface area contributed by atoms with Gasteiger partial charge in [0.15, 0.2) is 0 Å². The van der Waals surface area contributed by atoms with Gasteiger partial charge in [-0.3, -0.25) is 14.2 Å². The van der Waals surface area contributed by atoms with E-state index < -0.39 is 36.1 Å². The van der Waals surface area contributed by atoms with Crippen molar-refractivity contribution in [1.82, 2.24) is 9.13 Å². The third-order valence-electron chi connectivity index (χ3n) is 4.34. The number of carbonyl (C=O) groups is 2. The van der Waals surface area contributed by atoms with E-state index in [-0.39, 0.29) is 24.3 Å². The zero-order chi connectivity index (χ0) is 23.2. The number of carbonyl (C=O) groups excluding carboxylic acids is 2. The largest absolute Gasteiger partial charge is 0.467 e. The summed E-state index contributed by atoms with van der Waals surface area (Å²) in [5.41, 5.74) is -0.989. The highest BCUT2D eigenvalue weighted by atomic mass is 31.2. The van der Waals surface area contributed by atoms with Crippen LogP contribution in [0.3, 0.4) is 0 Å². The monoisotopic (exact) mass is 448 g/mol. The molecule has 0 radical (unpaired) electrons. The molecule has 0 amide bonds. The lowest BCUT2D eigenvalue weighted by Gasteiger charge is -2.18. The second kappa shape index (κ2) is 10.3. The smallest absolute Gasteiger partial charge is 0.342 e. The minimum Gasteiger partial charge on any atom is -0.467 e. The molecule has 1 unspecified atom stereocenters. The Bertz CT molecular complexity index is 1140. The van der Waals surface area contributed by atoms with Gasteiger partial charge < -0.3 is 14.0 Å². The van der Waals surface area contributed by atoms with Crippen molar-refractivity contribution in [1.29, 1.82) is 0 Å². The van der Waals surface area contributed by atoms with Gasteiger partial charge in [-0.05, 0) is 32.4 Å². The summed E-state index contributed by atoms with van der Waals surface area (Å²) in [6.45, 7) is 4.38. The van der Waals surface area contributed by atoms with Gasteiger partial charge in [0, 0.05) is 23.9 Å². The Morgan fingerprint density at radius 1 is 1.13 bits per heavy atom. The lowest BCUT2D eigenvalue weighted by atomic mass is 10.2. The molecule has 0 fully saturated rings. The van der Waals surface area contributed by atoms with Crippen molar-refractivity contribution < 1.29 is 23.6 Å². The number of aromatic nitrogens is 2. The maximum absolute atomic E-state index is 12.7. The standard InChI is InChI=1S/C21H25N2O7P/c1-15-14-22(12-8-9-13-30-20(19(26)29-2)31(3,4)28)21(27)23(17(15)24)18(25)16-10-6-5-7-11-16/h5-11,14,20H,12-13H2,1-4H3/b9-8-. The van der Waals surface area contributed by atoms with E-state index in [1.54, 1.807) is 30.4 Å². The van der Waals surface area contributed by atoms with Crippen LogP contribution in [0, 0.1) is 6.92 Å². The summed E-state index contributed by atoms with van der Waals surface area (Å²) < 4.78 is 24.0. The summed E-state index contributed by atoms with van der Waals surface area (Å²) in [6, 6.07) is 8.05. The first-order valence-corrected chi connectivity index (χ1v) is 12.1. The van der Waals surface area contributed by atoms with Crippen LogP contribution >= 0.6 is 7.14 Å². The van der Waals surface area contributed by atoms with Crippen LogP contribution in [0.2, 0.25) is 0 Å². The van der Waals surface area contributed by atoms with E-state index in [4.69, 9.17) is 4.74 Å². The first-order chi connectivity index (χ1) is 14.6. The number of hydrogen-bond donors (Lipinski definition) is 0. The predicted molar refractivity (Wildman–Crippen MR) is 116 cm³/mol. The highest BCUT2D eigenvalue weighted by molar-refractivity contribution is 7.63. The van der Waals surface area contributed by atoms with E-state index >= 15 is 0 Å². The molecular weight excluding hydrogens is 423 g/mol. The minimum atomic E-state index is -2.88. The molecule has 2 aromatic rings. The number of ether oxygens (including phenoxy) is 2. The summed E-state index contributed by atoms with van der Waals surface area (Å²) >= 11 is 0. The number of allylic oxidation sites excluding steroid dienone is 1. The van der Waals surface area contributed by atoms with E-state index in [9.17, 15) is 23.7 Å². The molecule has 0 saturated carbocycles. The highest BCUT2D eigenvalue weighted by Gasteiger charge is 2.32. The second-order valence-electron chi connectivity index (χ2n) is 7.17. The van der Waals surface area contributed by atoms with Crippen molar-refractivity contribution in [3.8, 4) is 0 Å². The summed E-state index contributed by atoms with van der Waals surface area (Å²) in [7, 11) is -1.70. The van der Waals surface area contributed by atoms with Crippen molar-refractivity contribution in [2.24, 2.45) is 0 Å². The molecule has 31 heavy (non-hydrogen) atoms. The number of methoxy groups -OCH3 is 1. The Morgan fingerprint density at radius 3 is 2.35 bits per heavy atom. The molecule has 1 aromatic heterocycles.